The van der Waals surface area contributed by atoms with Crippen molar-refractivity contribution in [1.82, 2.24) is 0 Å². The highest BCUT2D eigenvalue weighted by Gasteiger charge is 2.04. The zero-order valence-electron chi connectivity index (χ0n) is 13.0. The van der Waals surface area contributed by atoms with E-state index in [9.17, 15) is 0 Å². The van der Waals surface area contributed by atoms with Crippen molar-refractivity contribution in [2.75, 3.05) is 5.32 Å². The van der Waals surface area contributed by atoms with Crippen LogP contribution in [0.4, 0.5) is 5.69 Å². The summed E-state index contributed by atoms with van der Waals surface area (Å²) in [5, 5.41) is 4.15. The number of rotatable bonds is 6. The molecule has 3 aromatic carbocycles. The summed E-state index contributed by atoms with van der Waals surface area (Å²) in [5.41, 5.74) is 3.29. The van der Waals surface area contributed by atoms with Crippen LogP contribution in [0.1, 0.15) is 11.1 Å². The second-order valence-corrected chi connectivity index (χ2v) is 6.74. The molecule has 0 aromatic heterocycles. The van der Waals surface area contributed by atoms with Gasteiger partial charge in [0, 0.05) is 27.3 Å². The Labute approximate surface area is 155 Å². The number of hydrogen-bond donors (Lipinski definition) is 1. The molecule has 0 bridgehead atoms. The van der Waals surface area contributed by atoms with Crippen molar-refractivity contribution in [2.24, 2.45) is 0 Å². The van der Waals surface area contributed by atoms with Crippen LogP contribution in [-0.2, 0) is 13.2 Å². The molecule has 0 saturated heterocycles. The molecule has 0 aliphatic carbocycles. The molecular weight excluding hydrogens is 386 g/mol. The standard InChI is InChI=1S/C20H17BrClNO/c21-17-7-11-19(12-8-17)23-13-16-3-1-2-4-20(16)24-14-15-5-9-18(22)10-6-15/h1-12,23H,13-14H2. The summed E-state index contributed by atoms with van der Waals surface area (Å²) in [7, 11) is 0. The Morgan fingerprint density at radius 3 is 2.33 bits per heavy atom. The fourth-order valence-electron chi connectivity index (χ4n) is 2.30. The molecule has 1 N–H and O–H groups in total. The Kier molecular flexibility index (Phi) is 5.78. The van der Waals surface area contributed by atoms with Crippen molar-refractivity contribution >= 4 is 33.2 Å². The first-order valence-corrected chi connectivity index (χ1v) is 8.82. The summed E-state index contributed by atoms with van der Waals surface area (Å²) >= 11 is 9.36. The van der Waals surface area contributed by atoms with Crippen molar-refractivity contribution in [1.29, 1.82) is 0 Å². The highest BCUT2D eigenvalue weighted by molar-refractivity contribution is 9.10. The van der Waals surface area contributed by atoms with Crippen molar-refractivity contribution in [3.05, 3.63) is 93.4 Å². The number of benzene rings is 3. The fourth-order valence-corrected chi connectivity index (χ4v) is 2.69. The molecule has 0 unspecified atom stereocenters. The number of halogens is 2. The van der Waals surface area contributed by atoms with Gasteiger partial charge < -0.3 is 10.1 Å². The monoisotopic (exact) mass is 401 g/mol. The van der Waals surface area contributed by atoms with Crippen molar-refractivity contribution in [3.8, 4) is 5.75 Å². The first kappa shape index (κ1) is 16.9. The van der Waals surface area contributed by atoms with Crippen LogP contribution in [0.15, 0.2) is 77.3 Å². The summed E-state index contributed by atoms with van der Waals surface area (Å²) in [6.07, 6.45) is 0. The average molecular weight is 403 g/mol. The van der Waals surface area contributed by atoms with Gasteiger partial charge in [0.1, 0.15) is 12.4 Å². The van der Waals surface area contributed by atoms with Crippen LogP contribution in [0, 0.1) is 0 Å². The molecule has 24 heavy (non-hydrogen) atoms. The quantitative estimate of drug-likeness (QED) is 0.523. The van der Waals surface area contributed by atoms with Gasteiger partial charge in [0.25, 0.3) is 0 Å². The maximum absolute atomic E-state index is 5.98. The second kappa shape index (κ2) is 8.22. The largest absolute Gasteiger partial charge is 0.489 e. The maximum atomic E-state index is 5.98. The number of ether oxygens (including phenoxy) is 1. The van der Waals surface area contributed by atoms with E-state index in [1.54, 1.807) is 0 Å². The molecule has 0 saturated carbocycles. The second-order valence-electron chi connectivity index (χ2n) is 5.38. The molecule has 0 aliphatic heterocycles. The smallest absolute Gasteiger partial charge is 0.124 e. The molecular formula is C20H17BrClNO. The van der Waals surface area contributed by atoms with Gasteiger partial charge in [-0.3, -0.25) is 0 Å². The predicted molar refractivity (Wildman–Crippen MR) is 104 cm³/mol. The van der Waals surface area contributed by atoms with E-state index in [4.69, 9.17) is 16.3 Å². The zero-order chi connectivity index (χ0) is 16.8. The third kappa shape index (κ3) is 4.76. The molecule has 122 valence electrons. The average Bonchev–Trinajstić information content (AvgIpc) is 2.61. The lowest BCUT2D eigenvalue weighted by Crippen LogP contribution is -2.03. The molecule has 0 fully saturated rings. The Morgan fingerprint density at radius 1 is 0.875 bits per heavy atom. The first-order chi connectivity index (χ1) is 11.7. The van der Waals surface area contributed by atoms with Gasteiger partial charge in [-0.05, 0) is 48.0 Å². The van der Waals surface area contributed by atoms with E-state index in [2.05, 4.69) is 27.3 Å². The van der Waals surface area contributed by atoms with E-state index >= 15 is 0 Å². The molecule has 0 aliphatic rings. The minimum atomic E-state index is 0.520. The number of nitrogens with one attached hydrogen (secondary N) is 1. The van der Waals surface area contributed by atoms with Gasteiger partial charge >= 0.3 is 0 Å². The normalized spacial score (nSPS) is 10.4. The van der Waals surface area contributed by atoms with Crippen molar-refractivity contribution in [3.63, 3.8) is 0 Å². The molecule has 3 rings (SSSR count). The van der Waals surface area contributed by atoms with Crippen LogP contribution < -0.4 is 10.1 Å². The summed E-state index contributed by atoms with van der Waals surface area (Å²) in [5.74, 6) is 0.886. The molecule has 4 heteroatoms. The lowest BCUT2D eigenvalue weighted by Gasteiger charge is -2.13. The van der Waals surface area contributed by atoms with E-state index in [0.717, 1.165) is 32.1 Å². The van der Waals surface area contributed by atoms with Gasteiger partial charge in [0.15, 0.2) is 0 Å². The fraction of sp³-hybridized carbons (Fsp3) is 0.100. The summed E-state index contributed by atoms with van der Waals surface area (Å²) in [6.45, 7) is 1.23. The van der Waals surface area contributed by atoms with Crippen molar-refractivity contribution < 1.29 is 4.74 Å². The first-order valence-electron chi connectivity index (χ1n) is 7.65. The topological polar surface area (TPSA) is 21.3 Å². The molecule has 0 spiro atoms. The van der Waals surface area contributed by atoms with Crippen LogP contribution in [0.2, 0.25) is 5.02 Å². The minimum absolute atomic E-state index is 0.520. The third-order valence-corrected chi connectivity index (χ3v) is 4.39. The van der Waals surface area contributed by atoms with Crippen molar-refractivity contribution in [2.45, 2.75) is 13.2 Å². The van der Waals surface area contributed by atoms with Crippen LogP contribution >= 0.6 is 27.5 Å². The number of hydrogen-bond acceptors (Lipinski definition) is 2. The van der Waals surface area contributed by atoms with Gasteiger partial charge in [-0.1, -0.05) is 57.9 Å². The molecule has 3 aromatic rings. The van der Waals surface area contributed by atoms with Gasteiger partial charge in [0.2, 0.25) is 0 Å². The van der Waals surface area contributed by atoms with Gasteiger partial charge in [-0.15, -0.1) is 0 Å². The third-order valence-electron chi connectivity index (χ3n) is 3.61. The summed E-state index contributed by atoms with van der Waals surface area (Å²) in [4.78, 5) is 0. The Hall–Kier alpha value is -1.97. The SMILES string of the molecule is Clc1ccc(COc2ccccc2CNc2ccc(Br)cc2)cc1. The molecule has 2 nitrogen and oxygen atoms in total. The van der Waals surface area contributed by atoms with Gasteiger partial charge in [-0.2, -0.15) is 0 Å². The Morgan fingerprint density at radius 2 is 1.58 bits per heavy atom. The lowest BCUT2D eigenvalue weighted by atomic mass is 10.2. The summed E-state index contributed by atoms with van der Waals surface area (Å²) in [6, 6.07) is 23.9. The summed E-state index contributed by atoms with van der Waals surface area (Å²) < 4.78 is 7.05. The lowest BCUT2D eigenvalue weighted by molar-refractivity contribution is 0.303. The number of anilines is 1. The van der Waals surface area contributed by atoms with Crippen LogP contribution in [0.5, 0.6) is 5.75 Å². The van der Waals surface area contributed by atoms with Crippen LogP contribution in [0.3, 0.4) is 0 Å². The highest BCUT2D eigenvalue weighted by atomic mass is 79.9. The van der Waals surface area contributed by atoms with E-state index in [1.807, 2.05) is 66.7 Å². The van der Waals surface area contributed by atoms with Gasteiger partial charge in [0.05, 0.1) is 0 Å². The number of para-hydroxylation sites is 1. The van der Waals surface area contributed by atoms with E-state index in [0.29, 0.717) is 13.2 Å². The molecule has 0 radical (unpaired) electrons. The molecule has 0 atom stereocenters. The van der Waals surface area contributed by atoms with Crippen LogP contribution in [-0.4, -0.2) is 0 Å². The molecule has 0 heterocycles. The zero-order valence-corrected chi connectivity index (χ0v) is 15.3. The van der Waals surface area contributed by atoms with E-state index in [1.165, 1.54) is 0 Å². The van der Waals surface area contributed by atoms with Crippen LogP contribution in [0.25, 0.3) is 0 Å². The minimum Gasteiger partial charge on any atom is -0.489 e. The van der Waals surface area contributed by atoms with Gasteiger partial charge in [-0.25, -0.2) is 0 Å². The Balaban J connectivity index is 1.64. The molecule has 0 amide bonds. The van der Waals surface area contributed by atoms with E-state index in [-0.39, 0.29) is 0 Å². The predicted octanol–water partition coefficient (Wildman–Crippen LogP) is 6.29. The Bertz CT molecular complexity index is 719. The highest BCUT2D eigenvalue weighted by Crippen LogP contribution is 2.22. The van der Waals surface area contributed by atoms with E-state index < -0.39 is 0 Å². The maximum Gasteiger partial charge on any atom is 0.124 e.